The van der Waals surface area contributed by atoms with Crippen LogP contribution in [0.5, 0.6) is 0 Å². The normalized spacial score (nSPS) is 27.8. The van der Waals surface area contributed by atoms with Crippen LogP contribution in [-0.4, -0.2) is 39.9 Å². The van der Waals surface area contributed by atoms with Gasteiger partial charge in [-0.2, -0.15) is 0 Å². The van der Waals surface area contributed by atoms with Gasteiger partial charge in [0.2, 0.25) is 0 Å². The summed E-state index contributed by atoms with van der Waals surface area (Å²) in [5, 5.41) is 10.2. The minimum atomic E-state index is -0.628. The van der Waals surface area contributed by atoms with Crippen LogP contribution in [0.25, 0.3) is 0 Å². The van der Waals surface area contributed by atoms with Crippen molar-refractivity contribution < 1.29 is 14.6 Å². The number of nitrogens with zero attached hydrogens (tertiary/aromatic N) is 1. The molecule has 1 saturated carbocycles. The van der Waals surface area contributed by atoms with E-state index in [1.165, 1.54) is 0 Å². The average Bonchev–Trinajstić information content (AvgIpc) is 2.95. The second kappa shape index (κ2) is 4.16. The fourth-order valence-electron chi connectivity index (χ4n) is 2.49. The molecule has 1 saturated heterocycles. The molecule has 1 amide bonds. The lowest BCUT2D eigenvalue weighted by atomic mass is 9.96. The highest BCUT2D eigenvalue weighted by Crippen LogP contribution is 2.44. The smallest absolute Gasteiger partial charge is 0.410 e. The molecule has 1 aliphatic heterocycles. The number of likely N-dealkylation sites (tertiary alicyclic amines) is 1. The van der Waals surface area contributed by atoms with Crippen LogP contribution in [0, 0.1) is 0 Å². The van der Waals surface area contributed by atoms with Crippen molar-refractivity contribution in [3.05, 3.63) is 0 Å². The largest absolute Gasteiger partial charge is 0.444 e. The van der Waals surface area contributed by atoms with Gasteiger partial charge in [-0.05, 0) is 52.9 Å². The van der Waals surface area contributed by atoms with Gasteiger partial charge in [-0.1, -0.05) is 0 Å². The highest BCUT2D eigenvalue weighted by atomic mass is 16.6. The Labute approximate surface area is 103 Å². The van der Waals surface area contributed by atoms with Crippen molar-refractivity contribution in [3.8, 4) is 0 Å². The number of carbonyl (C=O) groups is 1. The molecular formula is C13H23NO3. The molecule has 1 atom stereocenters. The number of hydrogen-bond donors (Lipinski definition) is 1. The molecule has 0 aromatic carbocycles. The molecular weight excluding hydrogens is 218 g/mol. The summed E-state index contributed by atoms with van der Waals surface area (Å²) in [5.41, 5.74) is -1.09. The van der Waals surface area contributed by atoms with Crippen LogP contribution in [0.1, 0.15) is 52.9 Å². The van der Waals surface area contributed by atoms with Crippen molar-refractivity contribution in [1.82, 2.24) is 4.90 Å². The number of carbonyl (C=O) groups excluding carboxylic acids is 1. The lowest BCUT2D eigenvalue weighted by Gasteiger charge is -2.39. The van der Waals surface area contributed by atoms with Crippen molar-refractivity contribution in [2.24, 2.45) is 0 Å². The molecule has 17 heavy (non-hydrogen) atoms. The van der Waals surface area contributed by atoms with Gasteiger partial charge in [-0.15, -0.1) is 0 Å². The molecule has 1 unspecified atom stereocenters. The van der Waals surface area contributed by atoms with Crippen molar-refractivity contribution >= 4 is 6.09 Å². The molecule has 2 fully saturated rings. The second-order valence-electron chi connectivity index (χ2n) is 6.29. The van der Waals surface area contributed by atoms with E-state index in [1.807, 2.05) is 20.8 Å². The third-order valence-corrected chi connectivity index (χ3v) is 3.51. The van der Waals surface area contributed by atoms with Crippen LogP contribution in [-0.2, 0) is 4.74 Å². The van der Waals surface area contributed by atoms with Crippen molar-refractivity contribution in [2.75, 3.05) is 6.54 Å². The van der Waals surface area contributed by atoms with Crippen LogP contribution in [0.2, 0.25) is 0 Å². The first-order valence-corrected chi connectivity index (χ1v) is 6.54. The fraction of sp³-hybridized carbons (Fsp3) is 0.923. The van der Waals surface area contributed by atoms with E-state index in [-0.39, 0.29) is 12.1 Å². The predicted octanol–water partition coefficient (Wildman–Crippen LogP) is 2.30. The van der Waals surface area contributed by atoms with E-state index in [0.29, 0.717) is 6.54 Å². The molecule has 4 heteroatoms. The summed E-state index contributed by atoms with van der Waals surface area (Å²) in [5.74, 6) is 0. The number of piperidine rings is 1. The van der Waals surface area contributed by atoms with Gasteiger partial charge >= 0.3 is 6.09 Å². The molecule has 1 aliphatic carbocycles. The molecule has 0 spiro atoms. The average molecular weight is 241 g/mol. The maximum absolute atomic E-state index is 12.1. The van der Waals surface area contributed by atoms with Crippen molar-refractivity contribution in [1.29, 1.82) is 0 Å². The standard InChI is InChI=1S/C13H23NO3/c1-12(2,3)17-11(15)14-9-5-4-6-10(14)13(16)7-8-13/h10,16H,4-9H2,1-3H3. The predicted molar refractivity (Wildman–Crippen MR) is 64.8 cm³/mol. The summed E-state index contributed by atoms with van der Waals surface area (Å²) in [6.07, 6.45) is 4.35. The second-order valence-corrected chi connectivity index (χ2v) is 6.29. The summed E-state index contributed by atoms with van der Waals surface area (Å²) >= 11 is 0. The Bertz CT molecular complexity index is 304. The SMILES string of the molecule is CC(C)(C)OC(=O)N1CCCCC1C1(O)CC1. The first kappa shape index (κ1) is 12.7. The van der Waals surface area contributed by atoms with E-state index >= 15 is 0 Å². The molecule has 0 aromatic heterocycles. The van der Waals surface area contributed by atoms with E-state index in [0.717, 1.165) is 32.1 Å². The summed E-state index contributed by atoms with van der Waals surface area (Å²) in [4.78, 5) is 13.8. The zero-order chi connectivity index (χ0) is 12.7. The van der Waals surface area contributed by atoms with Crippen LogP contribution >= 0.6 is 0 Å². The molecule has 0 radical (unpaired) electrons. The minimum absolute atomic E-state index is 0.0360. The van der Waals surface area contributed by atoms with E-state index in [9.17, 15) is 9.90 Å². The first-order chi connectivity index (χ1) is 7.82. The van der Waals surface area contributed by atoms with Crippen molar-refractivity contribution in [3.63, 3.8) is 0 Å². The van der Waals surface area contributed by atoms with Gasteiger partial charge in [-0.3, -0.25) is 0 Å². The summed E-state index contributed by atoms with van der Waals surface area (Å²) in [6, 6.07) is -0.0360. The number of rotatable bonds is 1. The first-order valence-electron chi connectivity index (χ1n) is 6.54. The van der Waals surface area contributed by atoms with E-state index in [4.69, 9.17) is 4.74 Å². The highest BCUT2D eigenvalue weighted by molar-refractivity contribution is 5.69. The molecule has 2 rings (SSSR count). The van der Waals surface area contributed by atoms with Gasteiger partial charge in [0, 0.05) is 6.54 Å². The summed E-state index contributed by atoms with van der Waals surface area (Å²) < 4.78 is 5.41. The fourth-order valence-corrected chi connectivity index (χ4v) is 2.49. The van der Waals surface area contributed by atoms with E-state index < -0.39 is 11.2 Å². The molecule has 1 heterocycles. The Morgan fingerprint density at radius 2 is 2.00 bits per heavy atom. The Balaban J connectivity index is 2.03. The van der Waals surface area contributed by atoms with Gasteiger partial charge < -0.3 is 14.7 Å². The van der Waals surface area contributed by atoms with Gasteiger partial charge in [0.15, 0.2) is 0 Å². The van der Waals surface area contributed by atoms with Gasteiger partial charge in [0.1, 0.15) is 5.60 Å². The maximum atomic E-state index is 12.1. The van der Waals surface area contributed by atoms with Gasteiger partial charge in [-0.25, -0.2) is 4.79 Å². The molecule has 1 N–H and O–H groups in total. The van der Waals surface area contributed by atoms with E-state index in [1.54, 1.807) is 4.90 Å². The Morgan fingerprint density at radius 1 is 1.35 bits per heavy atom. The zero-order valence-electron chi connectivity index (χ0n) is 11.0. The van der Waals surface area contributed by atoms with Crippen LogP contribution in [0.15, 0.2) is 0 Å². The monoisotopic (exact) mass is 241 g/mol. The lowest BCUT2D eigenvalue weighted by molar-refractivity contribution is -0.0242. The number of hydrogen-bond acceptors (Lipinski definition) is 3. The quantitative estimate of drug-likeness (QED) is 0.766. The molecule has 0 bridgehead atoms. The summed E-state index contributed by atoms with van der Waals surface area (Å²) in [7, 11) is 0. The third-order valence-electron chi connectivity index (χ3n) is 3.51. The van der Waals surface area contributed by atoms with Crippen molar-refractivity contribution in [2.45, 2.75) is 70.1 Å². The van der Waals surface area contributed by atoms with E-state index in [2.05, 4.69) is 0 Å². The van der Waals surface area contributed by atoms with Crippen LogP contribution < -0.4 is 0 Å². The Kier molecular flexibility index (Phi) is 3.10. The third kappa shape index (κ3) is 2.92. The number of ether oxygens (including phenoxy) is 1. The molecule has 0 aromatic rings. The Morgan fingerprint density at radius 3 is 2.53 bits per heavy atom. The van der Waals surface area contributed by atoms with Crippen LogP contribution in [0.3, 0.4) is 0 Å². The molecule has 4 nitrogen and oxygen atoms in total. The molecule has 98 valence electrons. The van der Waals surface area contributed by atoms with Gasteiger partial charge in [0.25, 0.3) is 0 Å². The zero-order valence-corrected chi connectivity index (χ0v) is 11.0. The number of aliphatic hydroxyl groups is 1. The van der Waals surface area contributed by atoms with Gasteiger partial charge in [0.05, 0.1) is 11.6 Å². The lowest BCUT2D eigenvalue weighted by Crippen LogP contribution is -2.52. The topological polar surface area (TPSA) is 49.8 Å². The maximum Gasteiger partial charge on any atom is 0.410 e. The highest BCUT2D eigenvalue weighted by Gasteiger charge is 2.52. The molecule has 2 aliphatic rings. The Hall–Kier alpha value is -0.770. The number of amides is 1. The summed E-state index contributed by atoms with van der Waals surface area (Å²) in [6.45, 7) is 6.32. The van der Waals surface area contributed by atoms with Crippen LogP contribution in [0.4, 0.5) is 4.79 Å². The minimum Gasteiger partial charge on any atom is -0.444 e.